The number of phenols is 2. The molecule has 3 aliphatic heterocycles. The number of hydrogen-bond donors (Lipinski definition) is 8. The Labute approximate surface area is 417 Å². The van der Waals surface area contributed by atoms with Gasteiger partial charge in [-0.15, -0.1) is 0 Å². The molecule has 8 N–H and O–H groups in total. The minimum Gasteiger partial charge on any atom is -0.507 e. The summed E-state index contributed by atoms with van der Waals surface area (Å²) >= 11 is 0. The number of likely N-dealkylation sites (tertiary alicyclic amines) is 2. The molecule has 21 heteroatoms. The van der Waals surface area contributed by atoms with Crippen molar-refractivity contribution < 1.29 is 78.1 Å². The molecule has 7 atom stereocenters. The van der Waals surface area contributed by atoms with E-state index in [9.17, 15) is 54.0 Å². The maximum Gasteiger partial charge on any atom is 0.410 e. The zero-order chi connectivity index (χ0) is 52.8. The molecular formula is C51H67N5O16. The molecule has 2 aliphatic carbocycles. The first-order valence-corrected chi connectivity index (χ1v) is 24.3. The van der Waals surface area contributed by atoms with Crippen LogP contribution in [-0.4, -0.2) is 166 Å². The van der Waals surface area contributed by atoms with E-state index in [1.54, 1.807) is 19.1 Å². The predicted octanol–water partition coefficient (Wildman–Crippen LogP) is 2.02. The van der Waals surface area contributed by atoms with E-state index in [4.69, 9.17) is 24.1 Å². The van der Waals surface area contributed by atoms with Crippen LogP contribution in [0.3, 0.4) is 0 Å². The molecule has 3 saturated heterocycles. The number of ether oxygens (including phenoxy) is 3. The highest BCUT2D eigenvalue weighted by Crippen LogP contribution is 2.46. The molecule has 0 saturated carbocycles. The van der Waals surface area contributed by atoms with Crippen molar-refractivity contribution in [1.82, 2.24) is 25.8 Å². The zero-order valence-corrected chi connectivity index (χ0v) is 41.3. The molecule has 0 bridgehead atoms. The number of benzene rings is 2. The predicted molar refractivity (Wildman–Crippen MR) is 258 cm³/mol. The van der Waals surface area contributed by atoms with E-state index >= 15 is 0 Å². The quantitative estimate of drug-likeness (QED) is 0.0690. The largest absolute Gasteiger partial charge is 0.507 e. The van der Waals surface area contributed by atoms with Crippen molar-refractivity contribution in [3.63, 3.8) is 0 Å². The summed E-state index contributed by atoms with van der Waals surface area (Å²) in [6.07, 6.45) is 8.59. The van der Waals surface area contributed by atoms with Crippen LogP contribution in [0, 0.1) is 0 Å². The van der Waals surface area contributed by atoms with Gasteiger partial charge in [-0.1, -0.05) is 37.3 Å². The molecule has 5 aliphatic rings. The first-order chi connectivity index (χ1) is 34.4. The molecule has 2 aromatic rings. The number of carbonyl (C=O) groups is 8. The fourth-order valence-electron chi connectivity index (χ4n) is 9.40. The Hall–Kier alpha value is -6.68. The van der Waals surface area contributed by atoms with Crippen LogP contribution in [0.1, 0.15) is 122 Å². The van der Waals surface area contributed by atoms with Crippen LogP contribution in [0.25, 0.3) is 0 Å². The third kappa shape index (κ3) is 13.0. The SMILES string of the molecule is C/C=C(\C=C/CC)COC(=O)N1CCCC1C(=O)NC(C)C(=O)NCC(=O)N1CCCC1C(=O)NC1CC(O)OC(C)C1O.COc1cccc2c1C(=O)c1c(O)c3c(c(O)c1C2=O)CCCC3.O=CCO. The molecule has 72 heavy (non-hydrogen) atoms. The summed E-state index contributed by atoms with van der Waals surface area (Å²) in [4.78, 5) is 102. The van der Waals surface area contributed by atoms with Crippen molar-refractivity contribution in [3.8, 4) is 17.2 Å². The number of fused-ring (bicyclic) bond motifs is 3. The Balaban J connectivity index is 0.000000285. The highest BCUT2D eigenvalue weighted by Gasteiger charge is 2.42. The van der Waals surface area contributed by atoms with Gasteiger partial charge >= 0.3 is 6.09 Å². The first kappa shape index (κ1) is 56.2. The Morgan fingerprint density at radius 2 is 1.51 bits per heavy atom. The van der Waals surface area contributed by atoms with Gasteiger partial charge in [0.15, 0.2) is 12.1 Å². The number of ketones is 2. The second kappa shape index (κ2) is 26.1. The van der Waals surface area contributed by atoms with Gasteiger partial charge in [-0.3, -0.25) is 33.7 Å². The topological polar surface area (TPSA) is 308 Å². The number of nitrogens with one attached hydrogen (secondary N) is 3. The van der Waals surface area contributed by atoms with Crippen molar-refractivity contribution in [1.29, 1.82) is 0 Å². The number of allylic oxidation sites excluding steroid dienone is 2. The lowest BCUT2D eigenvalue weighted by Gasteiger charge is -2.37. The highest BCUT2D eigenvalue weighted by molar-refractivity contribution is 6.31. The monoisotopic (exact) mass is 1010 g/mol. The molecular weight excluding hydrogens is 939 g/mol. The lowest BCUT2D eigenvalue weighted by atomic mass is 9.77. The molecule has 2 aromatic carbocycles. The van der Waals surface area contributed by atoms with Gasteiger partial charge in [0.2, 0.25) is 29.4 Å². The fourth-order valence-corrected chi connectivity index (χ4v) is 9.40. The van der Waals surface area contributed by atoms with Crippen LogP contribution in [0.2, 0.25) is 0 Å². The third-order valence-corrected chi connectivity index (χ3v) is 13.2. The number of aliphatic hydroxyl groups is 3. The lowest BCUT2D eigenvalue weighted by Crippen LogP contribution is -2.58. The zero-order valence-electron chi connectivity index (χ0n) is 41.3. The number of aromatic hydroxyl groups is 2. The average Bonchev–Trinajstić information content (AvgIpc) is 4.09. The average molecular weight is 1010 g/mol. The van der Waals surface area contributed by atoms with E-state index < -0.39 is 84.0 Å². The number of amides is 5. The third-order valence-electron chi connectivity index (χ3n) is 13.2. The number of hydrogen-bond acceptors (Lipinski definition) is 16. The number of aldehydes is 1. The fraction of sp³-hybridized carbons (Fsp3) is 0.529. The van der Waals surface area contributed by atoms with Crippen LogP contribution >= 0.6 is 0 Å². The van der Waals surface area contributed by atoms with E-state index in [1.165, 1.54) is 29.9 Å². The number of aliphatic hydroxyl groups excluding tert-OH is 3. The van der Waals surface area contributed by atoms with E-state index in [0.29, 0.717) is 69.0 Å². The molecule has 0 spiro atoms. The van der Waals surface area contributed by atoms with Crippen molar-refractivity contribution in [2.45, 2.75) is 135 Å². The van der Waals surface area contributed by atoms with Crippen molar-refractivity contribution in [3.05, 3.63) is 75.4 Å². The molecule has 0 radical (unpaired) electrons. The highest BCUT2D eigenvalue weighted by atomic mass is 16.6. The van der Waals surface area contributed by atoms with E-state index in [0.717, 1.165) is 24.8 Å². The van der Waals surface area contributed by atoms with Crippen molar-refractivity contribution in [2.24, 2.45) is 0 Å². The number of carbonyl (C=O) groups excluding carboxylic acids is 8. The molecule has 0 aromatic heterocycles. The van der Waals surface area contributed by atoms with Crippen LogP contribution in [0.15, 0.2) is 42.0 Å². The Bertz CT molecular complexity index is 2420. The summed E-state index contributed by atoms with van der Waals surface area (Å²) in [5.41, 5.74) is 2.16. The normalized spacial score (nSPS) is 22.7. The van der Waals surface area contributed by atoms with Crippen molar-refractivity contribution in [2.75, 3.05) is 40.0 Å². The minimum atomic E-state index is -1.12. The van der Waals surface area contributed by atoms with Crippen LogP contribution in [0.5, 0.6) is 17.2 Å². The Kier molecular flexibility index (Phi) is 20.4. The Morgan fingerprint density at radius 1 is 0.903 bits per heavy atom. The van der Waals surface area contributed by atoms with Gasteiger partial charge in [0.25, 0.3) is 0 Å². The second-order valence-electron chi connectivity index (χ2n) is 17.9. The van der Waals surface area contributed by atoms with Gasteiger partial charge in [0.05, 0.1) is 49.1 Å². The maximum atomic E-state index is 13.0. The summed E-state index contributed by atoms with van der Waals surface area (Å²) in [6, 6.07) is 1.50. The lowest BCUT2D eigenvalue weighted by molar-refractivity contribution is -0.203. The summed E-state index contributed by atoms with van der Waals surface area (Å²) < 4.78 is 15.8. The van der Waals surface area contributed by atoms with Gasteiger partial charge in [0, 0.05) is 36.2 Å². The van der Waals surface area contributed by atoms with Crippen LogP contribution in [0.4, 0.5) is 4.79 Å². The molecule has 7 unspecified atom stereocenters. The molecule has 7 rings (SSSR count). The number of nitrogens with zero attached hydrogens (tertiary/aromatic N) is 2. The summed E-state index contributed by atoms with van der Waals surface area (Å²) in [6.45, 7) is 6.96. The van der Waals surface area contributed by atoms with E-state index in [2.05, 4.69) is 16.0 Å². The molecule has 5 amide bonds. The van der Waals surface area contributed by atoms with Gasteiger partial charge in [-0.25, -0.2) is 4.79 Å². The molecule has 3 fully saturated rings. The summed E-state index contributed by atoms with van der Waals surface area (Å²) in [5.74, 6) is -2.99. The maximum absolute atomic E-state index is 13.0. The molecule has 21 nitrogen and oxygen atoms in total. The summed E-state index contributed by atoms with van der Waals surface area (Å²) in [5, 5.41) is 56.8. The molecule has 3 heterocycles. The molecule has 392 valence electrons. The van der Waals surface area contributed by atoms with Crippen LogP contribution in [-0.2, 0) is 46.3 Å². The first-order valence-electron chi connectivity index (χ1n) is 24.3. The van der Waals surface area contributed by atoms with Gasteiger partial charge in [0.1, 0.15) is 54.4 Å². The minimum absolute atomic E-state index is 0.0190. The van der Waals surface area contributed by atoms with E-state index in [-0.39, 0.29) is 65.7 Å². The number of rotatable bonds is 13. The van der Waals surface area contributed by atoms with Crippen LogP contribution < -0.4 is 20.7 Å². The number of methoxy groups -OCH3 is 1. The van der Waals surface area contributed by atoms with Gasteiger partial charge in [-0.05, 0) is 90.2 Å². The summed E-state index contributed by atoms with van der Waals surface area (Å²) in [7, 11) is 1.42. The van der Waals surface area contributed by atoms with Gasteiger partial charge < -0.3 is 65.4 Å². The second-order valence-corrected chi connectivity index (χ2v) is 17.9. The standard InChI is InChI=1S/C30H47N5O9.C19H16O5.C2H4O2/c1-5-7-10-20(6-2)17-43-30(42)35-14-9-12-23(35)28(40)32-18(3)27(39)31-16-24(36)34-13-8-11-22(34)29(41)33-21-15-25(37)44-19(4)26(21)38;1-24-12-8-4-7-11-13(12)19(23)15-14(18(11)22)16(20)9-5-2-3-6-10(9)17(15)21;3-1-2-4/h6-7,10,18-19,21-23,25-26,37-38H,5,8-9,11-17H2,1-4H3,(H,31,39)(H,32,40)(H,33,41);4,7-8,20-21H,2-3,5-6H2,1H3;1,4H,2H2/b10-7-,20-6+;;. The Morgan fingerprint density at radius 3 is 2.11 bits per heavy atom. The number of phenolic OH excluding ortho intramolecular Hbond substituents is 2. The van der Waals surface area contributed by atoms with Gasteiger partial charge in [-0.2, -0.15) is 0 Å². The van der Waals surface area contributed by atoms with E-state index in [1.807, 2.05) is 32.1 Å². The smallest absolute Gasteiger partial charge is 0.410 e. The van der Waals surface area contributed by atoms with Crippen molar-refractivity contribution >= 4 is 47.6 Å².